The van der Waals surface area contributed by atoms with Crippen molar-refractivity contribution in [2.75, 3.05) is 11.6 Å². The average Bonchev–Trinajstić information content (AvgIpc) is 3.15. The highest BCUT2D eigenvalue weighted by Gasteiger charge is 2.26. The van der Waals surface area contributed by atoms with Crippen molar-refractivity contribution in [1.29, 1.82) is 0 Å². The van der Waals surface area contributed by atoms with E-state index in [4.69, 9.17) is 0 Å². The van der Waals surface area contributed by atoms with Crippen LogP contribution in [0.25, 0.3) is 21.9 Å². The molecule has 0 saturated carbocycles. The smallest absolute Gasteiger partial charge is 0.297 e. The predicted molar refractivity (Wildman–Crippen MR) is 123 cm³/mol. The van der Waals surface area contributed by atoms with Crippen LogP contribution in [0, 0.1) is 0 Å². The van der Waals surface area contributed by atoms with Crippen molar-refractivity contribution in [2.45, 2.75) is 20.0 Å². The molecule has 0 aliphatic carbocycles. The van der Waals surface area contributed by atoms with Crippen LogP contribution in [0.1, 0.15) is 12.5 Å². The van der Waals surface area contributed by atoms with Crippen molar-refractivity contribution < 1.29 is 0 Å². The number of anilines is 1. The molecule has 31 heavy (non-hydrogen) atoms. The van der Waals surface area contributed by atoms with Crippen molar-refractivity contribution in [3.63, 3.8) is 0 Å². The lowest BCUT2D eigenvalue weighted by molar-refractivity contribution is 0.655. The molecule has 0 bridgehead atoms. The van der Waals surface area contributed by atoms with Gasteiger partial charge < -0.3 is 0 Å². The Kier molecular flexibility index (Phi) is 4.35. The molecule has 156 valence electrons. The molecule has 1 aliphatic heterocycles. The largest absolute Gasteiger partial charge is 0.332 e. The van der Waals surface area contributed by atoms with Gasteiger partial charge in [0.2, 0.25) is 5.95 Å². The van der Waals surface area contributed by atoms with Gasteiger partial charge in [0.1, 0.15) is 0 Å². The topological polar surface area (TPSA) is 77.4 Å². The molecule has 0 unspecified atom stereocenters. The second-order valence-corrected chi connectivity index (χ2v) is 7.75. The molecule has 0 amide bonds. The molecule has 0 spiro atoms. The van der Waals surface area contributed by atoms with Gasteiger partial charge in [0.25, 0.3) is 5.56 Å². The second-order valence-electron chi connectivity index (χ2n) is 7.75. The van der Waals surface area contributed by atoms with Crippen LogP contribution in [0.4, 0.5) is 5.95 Å². The van der Waals surface area contributed by atoms with Crippen LogP contribution in [0.2, 0.25) is 0 Å². The summed E-state index contributed by atoms with van der Waals surface area (Å²) in [6.07, 6.45) is 1.73. The van der Waals surface area contributed by atoms with Crippen molar-refractivity contribution >= 4 is 33.6 Å². The van der Waals surface area contributed by atoms with E-state index < -0.39 is 5.69 Å². The second kappa shape index (κ2) is 7.09. The maximum absolute atomic E-state index is 13.6. The van der Waals surface area contributed by atoms with Gasteiger partial charge in [-0.3, -0.25) is 18.5 Å². The summed E-state index contributed by atoms with van der Waals surface area (Å²) in [5, 5.41) is 8.30. The number of nitrogens with zero attached hydrogens (tertiary/aromatic N) is 6. The highest BCUT2D eigenvalue weighted by atomic mass is 16.2. The zero-order valence-corrected chi connectivity index (χ0v) is 17.4. The number of rotatable bonds is 4. The van der Waals surface area contributed by atoms with Crippen LogP contribution in [-0.4, -0.2) is 30.9 Å². The van der Waals surface area contributed by atoms with E-state index in [0.29, 0.717) is 30.2 Å². The number of hydrazone groups is 1. The van der Waals surface area contributed by atoms with Crippen molar-refractivity contribution in [3.8, 4) is 0 Å². The van der Waals surface area contributed by atoms with Crippen LogP contribution in [0.15, 0.2) is 69.8 Å². The van der Waals surface area contributed by atoms with E-state index in [1.165, 1.54) is 9.13 Å². The van der Waals surface area contributed by atoms with Gasteiger partial charge >= 0.3 is 5.69 Å². The van der Waals surface area contributed by atoms with Gasteiger partial charge in [0.15, 0.2) is 11.2 Å². The Hall–Kier alpha value is -3.94. The third-order valence-electron chi connectivity index (χ3n) is 5.63. The van der Waals surface area contributed by atoms with E-state index in [2.05, 4.69) is 16.7 Å². The lowest BCUT2D eigenvalue weighted by atomic mass is 10.0. The summed E-state index contributed by atoms with van der Waals surface area (Å²) in [5.41, 5.74) is 1.79. The fourth-order valence-corrected chi connectivity index (χ4v) is 4.20. The van der Waals surface area contributed by atoms with Gasteiger partial charge in [-0.2, -0.15) is 10.1 Å². The first-order chi connectivity index (χ1) is 15.0. The molecule has 8 nitrogen and oxygen atoms in total. The number of hydrogen-bond donors (Lipinski definition) is 0. The first kappa shape index (κ1) is 19.0. The molecule has 2 aromatic heterocycles. The molecule has 4 aromatic rings. The Morgan fingerprint density at radius 1 is 1.13 bits per heavy atom. The predicted octanol–water partition coefficient (Wildman–Crippen LogP) is 2.48. The standard InChI is InChI=1S/C23H22N6O2/c1-4-12-29-22-24-20-19(27(22)13-15(2)25-29)21(30)28(23(31)26(20)3)14-17-10-7-9-16-8-5-6-11-18(16)17/h4-11H,1,12-14H2,2-3H3. The van der Waals surface area contributed by atoms with E-state index in [9.17, 15) is 9.59 Å². The van der Waals surface area contributed by atoms with E-state index in [1.807, 2.05) is 54.0 Å². The van der Waals surface area contributed by atoms with Crippen LogP contribution < -0.4 is 16.3 Å². The zero-order valence-electron chi connectivity index (χ0n) is 17.4. The molecular formula is C23H22N6O2. The van der Waals surface area contributed by atoms with E-state index in [-0.39, 0.29) is 12.1 Å². The third kappa shape index (κ3) is 2.91. The number of benzene rings is 2. The van der Waals surface area contributed by atoms with Crippen LogP contribution in [-0.2, 0) is 20.1 Å². The molecule has 5 rings (SSSR count). The van der Waals surface area contributed by atoms with Crippen LogP contribution in [0.3, 0.4) is 0 Å². The van der Waals surface area contributed by atoms with E-state index in [1.54, 1.807) is 18.1 Å². The van der Waals surface area contributed by atoms with Crippen molar-refractivity contribution in [2.24, 2.45) is 12.1 Å². The molecule has 0 radical (unpaired) electrons. The van der Waals surface area contributed by atoms with Gasteiger partial charge in [0.05, 0.1) is 25.3 Å². The number of imidazole rings is 1. The number of fused-ring (bicyclic) bond motifs is 4. The fraction of sp³-hybridized carbons (Fsp3) is 0.217. The van der Waals surface area contributed by atoms with Gasteiger partial charge in [0, 0.05) is 7.05 Å². The van der Waals surface area contributed by atoms with Crippen molar-refractivity contribution in [1.82, 2.24) is 18.7 Å². The van der Waals surface area contributed by atoms with Crippen LogP contribution in [0.5, 0.6) is 0 Å². The molecule has 0 saturated heterocycles. The fourth-order valence-electron chi connectivity index (χ4n) is 4.20. The SMILES string of the molecule is C=CCN1N=C(C)Cn2c1nc1c2c(=O)n(Cc2cccc3ccccc23)c(=O)n1C. The van der Waals surface area contributed by atoms with Gasteiger partial charge in [-0.1, -0.05) is 48.5 Å². The Bertz CT molecular complexity index is 1500. The Morgan fingerprint density at radius 2 is 1.90 bits per heavy atom. The summed E-state index contributed by atoms with van der Waals surface area (Å²) in [6, 6.07) is 13.9. The van der Waals surface area contributed by atoms with E-state index in [0.717, 1.165) is 22.0 Å². The first-order valence-electron chi connectivity index (χ1n) is 10.1. The summed E-state index contributed by atoms with van der Waals surface area (Å²) in [7, 11) is 1.65. The number of hydrogen-bond acceptors (Lipinski definition) is 5. The summed E-state index contributed by atoms with van der Waals surface area (Å²) in [6.45, 7) is 6.77. The summed E-state index contributed by atoms with van der Waals surface area (Å²) < 4.78 is 4.56. The number of aryl methyl sites for hydroxylation is 1. The normalized spacial score (nSPS) is 13.5. The molecule has 0 N–H and O–H groups in total. The maximum Gasteiger partial charge on any atom is 0.332 e. The third-order valence-corrected chi connectivity index (χ3v) is 5.63. The quantitative estimate of drug-likeness (QED) is 0.481. The lowest BCUT2D eigenvalue weighted by Gasteiger charge is -2.23. The molecule has 0 atom stereocenters. The maximum atomic E-state index is 13.6. The Balaban J connectivity index is 1.74. The van der Waals surface area contributed by atoms with Gasteiger partial charge in [-0.15, -0.1) is 6.58 Å². The summed E-state index contributed by atoms with van der Waals surface area (Å²) >= 11 is 0. The summed E-state index contributed by atoms with van der Waals surface area (Å²) in [5.74, 6) is 0.538. The molecule has 1 aliphatic rings. The van der Waals surface area contributed by atoms with Gasteiger partial charge in [-0.05, 0) is 23.3 Å². The highest BCUT2D eigenvalue weighted by Crippen LogP contribution is 2.24. The lowest BCUT2D eigenvalue weighted by Crippen LogP contribution is -2.40. The Labute approximate surface area is 178 Å². The highest BCUT2D eigenvalue weighted by molar-refractivity contribution is 5.88. The Morgan fingerprint density at radius 3 is 2.71 bits per heavy atom. The minimum absolute atomic E-state index is 0.187. The van der Waals surface area contributed by atoms with Gasteiger partial charge in [-0.25, -0.2) is 9.80 Å². The minimum Gasteiger partial charge on any atom is -0.297 e. The first-order valence-corrected chi connectivity index (χ1v) is 10.1. The summed E-state index contributed by atoms with van der Waals surface area (Å²) in [4.78, 5) is 31.3. The van der Waals surface area contributed by atoms with Crippen LogP contribution >= 0.6 is 0 Å². The molecule has 0 fully saturated rings. The van der Waals surface area contributed by atoms with Crippen molar-refractivity contribution in [3.05, 3.63) is 81.5 Å². The average molecular weight is 414 g/mol. The monoisotopic (exact) mass is 414 g/mol. The molecule has 2 aromatic carbocycles. The molecule has 3 heterocycles. The molecule has 8 heteroatoms. The number of aromatic nitrogens is 4. The molecular weight excluding hydrogens is 392 g/mol. The minimum atomic E-state index is -0.395. The zero-order chi connectivity index (χ0) is 21.7. The van der Waals surface area contributed by atoms with E-state index >= 15 is 0 Å².